The topological polar surface area (TPSA) is 100.0 Å². The number of methoxy groups -OCH3 is 5. The Morgan fingerprint density at radius 3 is 2.25 bits per heavy atom. The number of anilines is 1. The smallest absolute Gasteiger partial charge is 0.254 e. The fraction of sp³-hybridized carbons (Fsp3) is 0.500. The highest BCUT2D eigenvalue weighted by Crippen LogP contribution is 2.43. The van der Waals surface area contributed by atoms with Crippen molar-refractivity contribution >= 4 is 22.9 Å². The average Bonchev–Trinajstić information content (AvgIpc) is 3.70. The maximum Gasteiger partial charge on any atom is 0.254 e. The predicted octanol–water partition coefficient (Wildman–Crippen LogP) is 5.50. The van der Waals surface area contributed by atoms with Crippen molar-refractivity contribution < 1.29 is 33.2 Å². The quantitative estimate of drug-likeness (QED) is 0.147. The van der Waals surface area contributed by atoms with Gasteiger partial charge < -0.3 is 47.7 Å². The van der Waals surface area contributed by atoms with Crippen LogP contribution in [0.2, 0.25) is 0 Å². The summed E-state index contributed by atoms with van der Waals surface area (Å²) in [6, 6.07) is 18.0. The van der Waals surface area contributed by atoms with Gasteiger partial charge in [-0.2, -0.15) is 0 Å². The summed E-state index contributed by atoms with van der Waals surface area (Å²) in [6.07, 6.45) is 2.74. The van der Waals surface area contributed by atoms with Gasteiger partial charge in [0.2, 0.25) is 11.7 Å². The van der Waals surface area contributed by atoms with E-state index in [0.717, 1.165) is 81.1 Å². The van der Waals surface area contributed by atoms with Crippen LogP contribution >= 0.6 is 0 Å². The van der Waals surface area contributed by atoms with Crippen LogP contribution in [0.4, 0.5) is 5.95 Å². The highest BCUT2D eigenvalue weighted by Gasteiger charge is 2.42. The Hall–Kier alpha value is -4.68. The SMILES string of the molecule is CCOCCn1c(N2CCCN(CCC3(c4ccc(OC)c(OC)c4)CCN(C(=O)c4cc(OC)c(OC)c(OC)c4)C3)CC2)nc2ccccc21. The first kappa shape index (κ1) is 37.1. The van der Waals surface area contributed by atoms with E-state index in [4.69, 9.17) is 33.4 Å². The minimum Gasteiger partial charge on any atom is -0.493 e. The number of carbonyl (C=O) groups excluding carboxylic acids is 1. The zero-order valence-corrected chi connectivity index (χ0v) is 31.5. The average molecular weight is 716 g/mol. The number of benzene rings is 3. The monoisotopic (exact) mass is 715 g/mol. The second-order valence-corrected chi connectivity index (χ2v) is 13.4. The Balaban J connectivity index is 1.22. The Kier molecular flexibility index (Phi) is 12.0. The predicted molar refractivity (Wildman–Crippen MR) is 202 cm³/mol. The third-order valence-corrected chi connectivity index (χ3v) is 10.6. The molecule has 280 valence electrons. The van der Waals surface area contributed by atoms with Gasteiger partial charge in [-0.3, -0.25) is 4.79 Å². The van der Waals surface area contributed by atoms with Crippen LogP contribution in [0.5, 0.6) is 28.7 Å². The number of aromatic nitrogens is 2. The first-order valence-corrected chi connectivity index (χ1v) is 18.2. The van der Waals surface area contributed by atoms with Crippen molar-refractivity contribution in [2.45, 2.75) is 38.1 Å². The summed E-state index contributed by atoms with van der Waals surface area (Å²) in [4.78, 5) is 26.2. The molecule has 1 atom stereocenters. The zero-order valence-electron chi connectivity index (χ0n) is 31.5. The number of nitrogens with zero attached hydrogens (tertiary/aromatic N) is 5. The lowest BCUT2D eigenvalue weighted by atomic mass is 9.76. The van der Waals surface area contributed by atoms with E-state index in [1.807, 2.05) is 24.0 Å². The van der Waals surface area contributed by atoms with Crippen molar-refractivity contribution in [1.82, 2.24) is 19.4 Å². The molecule has 0 N–H and O–H groups in total. The summed E-state index contributed by atoms with van der Waals surface area (Å²) in [5.41, 5.74) is 3.51. The molecule has 52 heavy (non-hydrogen) atoms. The molecule has 0 bridgehead atoms. The lowest BCUT2D eigenvalue weighted by Gasteiger charge is -2.33. The molecule has 2 saturated heterocycles. The van der Waals surface area contributed by atoms with Crippen molar-refractivity contribution in [2.24, 2.45) is 0 Å². The zero-order chi connectivity index (χ0) is 36.7. The Morgan fingerprint density at radius 1 is 0.788 bits per heavy atom. The first-order chi connectivity index (χ1) is 25.4. The number of carbonyl (C=O) groups is 1. The van der Waals surface area contributed by atoms with E-state index in [9.17, 15) is 4.79 Å². The van der Waals surface area contributed by atoms with Crippen molar-refractivity contribution in [3.8, 4) is 28.7 Å². The first-order valence-electron chi connectivity index (χ1n) is 18.2. The van der Waals surface area contributed by atoms with Gasteiger partial charge in [0, 0.05) is 56.9 Å². The third-order valence-electron chi connectivity index (χ3n) is 10.6. The van der Waals surface area contributed by atoms with Crippen molar-refractivity contribution in [3.63, 3.8) is 0 Å². The van der Waals surface area contributed by atoms with Gasteiger partial charge >= 0.3 is 0 Å². The van der Waals surface area contributed by atoms with Crippen LogP contribution in [0.15, 0.2) is 54.6 Å². The van der Waals surface area contributed by atoms with E-state index in [1.165, 1.54) is 0 Å². The molecule has 0 saturated carbocycles. The molecule has 3 heterocycles. The van der Waals surface area contributed by atoms with Crippen LogP contribution in [0.3, 0.4) is 0 Å². The minimum atomic E-state index is -0.283. The number of hydrogen-bond donors (Lipinski definition) is 0. The summed E-state index contributed by atoms with van der Waals surface area (Å²) in [5.74, 6) is 3.68. The summed E-state index contributed by atoms with van der Waals surface area (Å²) in [7, 11) is 7.99. The van der Waals surface area contributed by atoms with Crippen LogP contribution in [0, 0.1) is 0 Å². The largest absolute Gasteiger partial charge is 0.493 e. The number of imidazole rings is 1. The normalized spacial score (nSPS) is 18.0. The molecule has 1 aromatic heterocycles. The second kappa shape index (κ2) is 16.8. The van der Waals surface area contributed by atoms with Crippen molar-refractivity contribution in [2.75, 3.05) is 99.5 Å². The summed E-state index contributed by atoms with van der Waals surface area (Å²) >= 11 is 0. The fourth-order valence-electron chi connectivity index (χ4n) is 7.77. The van der Waals surface area contributed by atoms with Crippen molar-refractivity contribution in [3.05, 3.63) is 65.7 Å². The number of hydrogen-bond acceptors (Lipinski definition) is 10. The molecule has 12 heteroatoms. The summed E-state index contributed by atoms with van der Waals surface area (Å²) < 4.78 is 36.0. The van der Waals surface area contributed by atoms with E-state index in [2.05, 4.69) is 44.7 Å². The van der Waals surface area contributed by atoms with Gasteiger partial charge in [-0.15, -0.1) is 0 Å². The summed E-state index contributed by atoms with van der Waals surface area (Å²) in [5, 5.41) is 0. The Bertz CT molecular complexity index is 1800. The molecular weight excluding hydrogens is 662 g/mol. The molecule has 0 radical (unpaired) electrons. The number of rotatable bonds is 15. The maximum absolute atomic E-state index is 14.1. The van der Waals surface area contributed by atoms with Crippen LogP contribution in [-0.2, 0) is 16.7 Å². The molecule has 0 aliphatic carbocycles. The molecule has 2 aliphatic rings. The van der Waals surface area contributed by atoms with Gasteiger partial charge in [0.05, 0.1) is 53.2 Å². The van der Waals surface area contributed by atoms with Crippen molar-refractivity contribution in [1.29, 1.82) is 0 Å². The van der Waals surface area contributed by atoms with E-state index >= 15 is 0 Å². The van der Waals surface area contributed by atoms with E-state index < -0.39 is 0 Å². The molecule has 1 unspecified atom stereocenters. The molecule has 3 aromatic carbocycles. The summed E-state index contributed by atoms with van der Waals surface area (Å²) in [6.45, 7) is 9.97. The van der Waals surface area contributed by atoms with Crippen LogP contribution < -0.4 is 28.6 Å². The lowest BCUT2D eigenvalue weighted by molar-refractivity contribution is 0.0780. The molecule has 4 aromatic rings. The molecule has 12 nitrogen and oxygen atoms in total. The number of ether oxygens (including phenoxy) is 6. The fourth-order valence-corrected chi connectivity index (χ4v) is 7.77. The van der Waals surface area contributed by atoms with Gasteiger partial charge in [0.1, 0.15) is 0 Å². The number of amides is 1. The van der Waals surface area contributed by atoms with Gasteiger partial charge in [-0.05, 0) is 81.2 Å². The van der Waals surface area contributed by atoms with Gasteiger partial charge in [0.15, 0.2) is 23.0 Å². The lowest BCUT2D eigenvalue weighted by Crippen LogP contribution is -2.39. The van der Waals surface area contributed by atoms with Crippen LogP contribution in [-0.4, -0.2) is 120 Å². The van der Waals surface area contributed by atoms with E-state index in [1.54, 1.807) is 47.7 Å². The van der Waals surface area contributed by atoms with E-state index in [0.29, 0.717) is 60.6 Å². The second-order valence-electron chi connectivity index (χ2n) is 13.4. The van der Waals surface area contributed by atoms with Gasteiger partial charge in [0.25, 0.3) is 5.91 Å². The number of para-hydroxylation sites is 2. The standard InChI is InChI=1S/C40H53N5O7/c1-7-52-24-23-45-32-12-9-8-11-31(32)41-39(45)43-18-10-17-42(21-22-43)19-15-40(30-13-14-33(47-2)34(27-30)48-3)16-20-44(28-40)38(46)29-25-35(49-4)37(51-6)36(26-29)50-5/h8-9,11-14,25-27H,7,10,15-24,28H2,1-6H3. The number of fused-ring (bicyclic) bond motifs is 1. The highest BCUT2D eigenvalue weighted by atomic mass is 16.5. The maximum atomic E-state index is 14.1. The van der Waals surface area contributed by atoms with Gasteiger partial charge in [-0.25, -0.2) is 4.98 Å². The molecule has 2 fully saturated rings. The van der Waals surface area contributed by atoms with Crippen LogP contribution in [0.1, 0.15) is 42.1 Å². The molecule has 0 spiro atoms. The van der Waals surface area contributed by atoms with Gasteiger partial charge in [-0.1, -0.05) is 18.2 Å². The number of likely N-dealkylation sites (tertiary alicyclic amines) is 1. The third kappa shape index (κ3) is 7.59. The highest BCUT2D eigenvalue weighted by molar-refractivity contribution is 5.96. The molecule has 6 rings (SSSR count). The minimum absolute atomic E-state index is 0.0701. The Labute approximate surface area is 307 Å². The molecule has 2 aliphatic heterocycles. The van der Waals surface area contributed by atoms with Crippen LogP contribution in [0.25, 0.3) is 11.0 Å². The van der Waals surface area contributed by atoms with E-state index in [-0.39, 0.29) is 11.3 Å². The molecular formula is C40H53N5O7. The molecule has 1 amide bonds. The Morgan fingerprint density at radius 2 is 1.54 bits per heavy atom.